The molecule has 1 unspecified atom stereocenters. The van der Waals surface area contributed by atoms with Gasteiger partial charge in [0.15, 0.2) is 0 Å². The first kappa shape index (κ1) is 28.2. The minimum atomic E-state index is -7.46. The molecule has 0 amide bonds. The Morgan fingerprint density at radius 2 is 1.34 bits per heavy atom. The molecule has 1 rings (SSSR count). The zero-order valence-corrected chi connectivity index (χ0v) is 17.3. The molecule has 0 heterocycles. The van der Waals surface area contributed by atoms with E-state index in [4.69, 9.17) is 9.47 Å². The van der Waals surface area contributed by atoms with Crippen LogP contribution < -0.4 is 4.74 Å². The molecular weight excluding hydrogens is 469 g/mol. The van der Waals surface area contributed by atoms with Gasteiger partial charge in [0.25, 0.3) is 0 Å². The van der Waals surface area contributed by atoms with Crippen molar-refractivity contribution in [3.8, 4) is 5.75 Å². The fourth-order valence-corrected chi connectivity index (χ4v) is 2.61. The lowest BCUT2D eigenvalue weighted by Gasteiger charge is -2.40. The third-order valence-corrected chi connectivity index (χ3v) is 4.64. The van der Waals surface area contributed by atoms with Gasteiger partial charge in [-0.05, 0) is 30.5 Å². The summed E-state index contributed by atoms with van der Waals surface area (Å²) in [5.41, 5.74) is -2.78. The van der Waals surface area contributed by atoms with Crippen molar-refractivity contribution in [2.75, 3.05) is 13.7 Å². The second-order valence-electron chi connectivity index (χ2n) is 7.77. The number of methoxy groups -OCH3 is 1. The van der Waals surface area contributed by atoms with Crippen LogP contribution in [0.1, 0.15) is 32.8 Å². The smallest absolute Gasteiger partial charge is 0.460 e. The van der Waals surface area contributed by atoms with Crippen molar-refractivity contribution in [2.24, 2.45) is 5.92 Å². The fourth-order valence-electron chi connectivity index (χ4n) is 2.61. The van der Waals surface area contributed by atoms with Crippen LogP contribution in [0.3, 0.4) is 0 Å². The van der Waals surface area contributed by atoms with Gasteiger partial charge in [-0.1, -0.05) is 26.0 Å². The Balaban J connectivity index is 3.38. The van der Waals surface area contributed by atoms with Crippen LogP contribution in [0.25, 0.3) is 0 Å². The number of ether oxygens (including phenoxy) is 2. The monoisotopic (exact) mass is 490 g/mol. The first-order valence-electron chi connectivity index (χ1n) is 9.03. The normalized spacial score (nSPS) is 16.2. The summed E-state index contributed by atoms with van der Waals surface area (Å²) in [5, 5.41) is 0. The van der Waals surface area contributed by atoms with Crippen molar-refractivity contribution < 1.29 is 57.8 Å². The first-order chi connectivity index (χ1) is 14.2. The lowest BCUT2D eigenvalue weighted by atomic mass is 9.84. The Morgan fingerprint density at radius 1 is 0.812 bits per heavy atom. The van der Waals surface area contributed by atoms with Gasteiger partial charge in [0.2, 0.25) is 0 Å². The summed E-state index contributed by atoms with van der Waals surface area (Å²) in [6.45, 7) is 4.49. The van der Waals surface area contributed by atoms with E-state index in [1.165, 1.54) is 12.1 Å². The molecule has 0 saturated carbocycles. The quantitative estimate of drug-likeness (QED) is 0.327. The highest BCUT2D eigenvalue weighted by molar-refractivity contribution is 5.33. The van der Waals surface area contributed by atoms with Crippen molar-refractivity contribution in [3.05, 3.63) is 29.8 Å². The molecule has 0 radical (unpaired) electrons. The van der Waals surface area contributed by atoms with Gasteiger partial charge < -0.3 is 9.47 Å². The largest absolute Gasteiger partial charge is 0.493 e. The maximum Gasteiger partial charge on any atom is 0.460 e. The molecule has 1 aromatic carbocycles. The lowest BCUT2D eigenvalue weighted by molar-refractivity contribution is -0.424. The average Bonchev–Trinajstić information content (AvgIpc) is 2.64. The van der Waals surface area contributed by atoms with Gasteiger partial charge in [-0.25, -0.2) is 0 Å². The highest BCUT2D eigenvalue weighted by Crippen LogP contribution is 2.59. The summed E-state index contributed by atoms with van der Waals surface area (Å²) in [6.07, 6.45) is -9.55. The second kappa shape index (κ2) is 8.86. The van der Waals surface area contributed by atoms with Crippen LogP contribution in [-0.4, -0.2) is 43.6 Å². The number of alkyl halides is 11. The molecule has 2 nitrogen and oxygen atoms in total. The minimum absolute atomic E-state index is 0.0352. The van der Waals surface area contributed by atoms with E-state index in [1.807, 2.05) is 0 Å². The lowest BCUT2D eigenvalue weighted by Crippen LogP contribution is -2.67. The van der Waals surface area contributed by atoms with Gasteiger partial charge in [-0.15, -0.1) is 0 Å². The standard InChI is InChI=1S/C19H21F11O2/c1-11(2)9-32-13-7-5-6-12(8-13)14(3,31-4)10-15(20,21)16(22,23)17(24,25)18(26,27)19(28,29)30/h5-8,11H,9-10H2,1-4H3. The van der Waals surface area contributed by atoms with Crippen molar-refractivity contribution in [3.63, 3.8) is 0 Å². The summed E-state index contributed by atoms with van der Waals surface area (Å²) in [5.74, 6) is -27.9. The van der Waals surface area contributed by atoms with Gasteiger partial charge in [0.05, 0.1) is 18.6 Å². The molecule has 0 aliphatic rings. The van der Waals surface area contributed by atoms with Gasteiger partial charge in [0, 0.05) is 7.11 Å². The third-order valence-electron chi connectivity index (χ3n) is 4.64. The van der Waals surface area contributed by atoms with Crippen molar-refractivity contribution in [1.29, 1.82) is 0 Å². The highest BCUT2D eigenvalue weighted by Gasteiger charge is 2.87. The van der Waals surface area contributed by atoms with Gasteiger partial charge in [-0.2, -0.15) is 48.3 Å². The third kappa shape index (κ3) is 5.07. The predicted molar refractivity (Wildman–Crippen MR) is 91.6 cm³/mol. The number of hydrogen-bond donors (Lipinski definition) is 0. The molecular formula is C19H21F11O2. The zero-order valence-electron chi connectivity index (χ0n) is 17.3. The fraction of sp³-hybridized carbons (Fsp3) is 0.684. The number of benzene rings is 1. The molecule has 13 heteroatoms. The van der Waals surface area contributed by atoms with Crippen LogP contribution in [-0.2, 0) is 10.3 Å². The topological polar surface area (TPSA) is 18.5 Å². The van der Waals surface area contributed by atoms with E-state index in [9.17, 15) is 48.3 Å². The van der Waals surface area contributed by atoms with Gasteiger partial charge in [-0.3, -0.25) is 0 Å². The molecule has 0 fully saturated rings. The van der Waals surface area contributed by atoms with Gasteiger partial charge in [0.1, 0.15) is 5.75 Å². The van der Waals surface area contributed by atoms with Crippen molar-refractivity contribution >= 4 is 0 Å². The maximum atomic E-state index is 14.3. The van der Waals surface area contributed by atoms with Crippen LogP contribution in [0.4, 0.5) is 48.3 Å². The Hall–Kier alpha value is -1.79. The molecule has 186 valence electrons. The van der Waals surface area contributed by atoms with Crippen LogP contribution >= 0.6 is 0 Å². The molecule has 1 atom stereocenters. The number of halogens is 11. The first-order valence-corrected chi connectivity index (χ1v) is 9.03. The summed E-state index contributed by atoms with van der Waals surface area (Å²) < 4.78 is 156. The molecule has 0 spiro atoms. The SMILES string of the molecule is COC(C)(CC(F)(F)C(F)(F)C(F)(F)C(F)(F)C(F)(F)F)c1cccc(OCC(C)C)c1. The minimum Gasteiger partial charge on any atom is -0.493 e. The Kier molecular flexibility index (Phi) is 7.82. The summed E-state index contributed by atoms with van der Waals surface area (Å²) >= 11 is 0. The number of rotatable bonds is 10. The van der Waals surface area contributed by atoms with E-state index in [1.54, 1.807) is 13.8 Å². The zero-order chi connectivity index (χ0) is 25.4. The molecule has 0 aliphatic carbocycles. The molecule has 0 aromatic heterocycles. The van der Waals surface area contributed by atoms with E-state index < -0.39 is 41.9 Å². The molecule has 0 saturated heterocycles. The molecule has 1 aromatic rings. The number of hydrogen-bond acceptors (Lipinski definition) is 2. The Labute approximate surface area is 176 Å². The Bertz CT molecular complexity index is 775. The van der Waals surface area contributed by atoms with E-state index in [0.717, 1.165) is 26.2 Å². The van der Waals surface area contributed by atoms with Crippen LogP contribution in [0.15, 0.2) is 24.3 Å². The van der Waals surface area contributed by atoms with Crippen molar-refractivity contribution in [1.82, 2.24) is 0 Å². The summed E-state index contributed by atoms with van der Waals surface area (Å²) in [6, 6.07) is 4.77. The average molecular weight is 490 g/mol. The maximum absolute atomic E-state index is 14.3. The highest BCUT2D eigenvalue weighted by atomic mass is 19.4. The Morgan fingerprint density at radius 3 is 1.78 bits per heavy atom. The van der Waals surface area contributed by atoms with E-state index in [2.05, 4.69) is 0 Å². The van der Waals surface area contributed by atoms with Crippen LogP contribution in [0.5, 0.6) is 5.75 Å². The summed E-state index contributed by atoms with van der Waals surface area (Å²) in [7, 11) is 0.748. The predicted octanol–water partition coefficient (Wildman–Crippen LogP) is 7.08. The molecule has 0 bridgehead atoms. The van der Waals surface area contributed by atoms with Crippen LogP contribution in [0.2, 0.25) is 0 Å². The molecule has 0 N–H and O–H groups in total. The summed E-state index contributed by atoms with van der Waals surface area (Å²) in [4.78, 5) is 0. The van der Waals surface area contributed by atoms with Gasteiger partial charge >= 0.3 is 29.9 Å². The van der Waals surface area contributed by atoms with E-state index in [-0.39, 0.29) is 23.8 Å². The van der Waals surface area contributed by atoms with Crippen LogP contribution in [0, 0.1) is 5.92 Å². The van der Waals surface area contributed by atoms with Crippen molar-refractivity contribution in [2.45, 2.75) is 62.7 Å². The second-order valence-corrected chi connectivity index (χ2v) is 7.77. The van der Waals surface area contributed by atoms with E-state index >= 15 is 0 Å². The molecule has 0 aliphatic heterocycles. The van der Waals surface area contributed by atoms with E-state index in [0.29, 0.717) is 0 Å². The molecule has 32 heavy (non-hydrogen) atoms.